The van der Waals surface area contributed by atoms with Gasteiger partial charge in [-0.2, -0.15) is 5.10 Å². The Bertz CT molecular complexity index is 835. The molecule has 0 atom stereocenters. The Morgan fingerprint density at radius 2 is 2.08 bits per heavy atom. The quantitative estimate of drug-likeness (QED) is 0.769. The van der Waals surface area contributed by atoms with Gasteiger partial charge in [-0.1, -0.05) is 49.3 Å². The predicted octanol–water partition coefficient (Wildman–Crippen LogP) is 3.82. The van der Waals surface area contributed by atoms with Gasteiger partial charge in [0.1, 0.15) is 11.5 Å². The van der Waals surface area contributed by atoms with Gasteiger partial charge in [0.25, 0.3) is 0 Å². The molecule has 0 saturated carbocycles. The van der Waals surface area contributed by atoms with Crippen molar-refractivity contribution in [2.45, 2.75) is 39.8 Å². The van der Waals surface area contributed by atoms with E-state index in [-0.39, 0.29) is 0 Å². The molecule has 130 valence electrons. The normalized spacial score (nSPS) is 14.8. The van der Waals surface area contributed by atoms with Crippen LogP contribution in [0.4, 0.5) is 0 Å². The fourth-order valence-electron chi connectivity index (χ4n) is 3.48. The van der Waals surface area contributed by atoms with Crippen molar-refractivity contribution >= 4 is 0 Å². The second-order valence-electron chi connectivity index (χ2n) is 7.24. The van der Waals surface area contributed by atoms with Gasteiger partial charge in [-0.25, -0.2) is 0 Å². The van der Waals surface area contributed by atoms with Crippen molar-refractivity contribution in [1.82, 2.24) is 20.3 Å². The van der Waals surface area contributed by atoms with E-state index in [9.17, 15) is 0 Å². The fourth-order valence-corrected chi connectivity index (χ4v) is 3.48. The smallest absolute Gasteiger partial charge is 0.143 e. The molecule has 1 aromatic carbocycles. The van der Waals surface area contributed by atoms with E-state index in [1.807, 2.05) is 18.2 Å². The lowest BCUT2D eigenvalue weighted by atomic mass is 10.0. The summed E-state index contributed by atoms with van der Waals surface area (Å²) >= 11 is 0. The summed E-state index contributed by atoms with van der Waals surface area (Å²) in [6, 6.07) is 12.5. The van der Waals surface area contributed by atoms with Crippen molar-refractivity contribution < 1.29 is 4.52 Å². The highest BCUT2D eigenvalue weighted by molar-refractivity contribution is 5.63. The topological polar surface area (TPSA) is 58.0 Å². The van der Waals surface area contributed by atoms with Gasteiger partial charge in [0.15, 0.2) is 0 Å². The Morgan fingerprint density at radius 3 is 2.88 bits per heavy atom. The number of aromatic amines is 1. The molecule has 2 aromatic heterocycles. The number of hydrogen-bond donors (Lipinski definition) is 1. The molecular formula is C20H24N4O. The molecule has 4 rings (SSSR count). The summed E-state index contributed by atoms with van der Waals surface area (Å²) in [6.45, 7) is 7.16. The number of fused-ring (bicyclic) bond motifs is 1. The molecule has 0 aliphatic carbocycles. The van der Waals surface area contributed by atoms with Gasteiger partial charge in [-0.15, -0.1) is 0 Å². The van der Waals surface area contributed by atoms with E-state index < -0.39 is 0 Å². The van der Waals surface area contributed by atoms with Gasteiger partial charge in [0.05, 0.1) is 5.69 Å². The van der Waals surface area contributed by atoms with Crippen LogP contribution in [0.15, 0.2) is 40.9 Å². The largest absolute Gasteiger partial charge is 0.360 e. The average molecular weight is 336 g/mol. The molecule has 0 unspecified atom stereocenters. The van der Waals surface area contributed by atoms with Crippen molar-refractivity contribution in [2.75, 3.05) is 6.54 Å². The summed E-state index contributed by atoms with van der Waals surface area (Å²) in [5.74, 6) is 1.65. The molecule has 0 saturated heterocycles. The Kier molecular flexibility index (Phi) is 4.40. The summed E-state index contributed by atoms with van der Waals surface area (Å²) in [6.07, 6.45) is 1.92. The molecule has 3 heterocycles. The Morgan fingerprint density at radius 1 is 1.24 bits per heavy atom. The second kappa shape index (κ2) is 6.84. The van der Waals surface area contributed by atoms with Crippen LogP contribution in [0, 0.1) is 5.92 Å². The van der Waals surface area contributed by atoms with Crippen LogP contribution in [0.25, 0.3) is 11.3 Å². The van der Waals surface area contributed by atoms with Gasteiger partial charge in [-0.05, 0) is 18.4 Å². The lowest BCUT2D eigenvalue weighted by molar-refractivity contribution is 0.226. The van der Waals surface area contributed by atoms with Crippen LogP contribution in [0.1, 0.15) is 36.6 Å². The molecule has 0 bridgehead atoms. The molecule has 1 N–H and O–H groups in total. The highest BCUT2D eigenvalue weighted by atomic mass is 16.5. The summed E-state index contributed by atoms with van der Waals surface area (Å²) in [7, 11) is 0. The molecule has 0 amide bonds. The Labute approximate surface area is 148 Å². The molecule has 1 aliphatic rings. The van der Waals surface area contributed by atoms with Crippen molar-refractivity contribution in [3.8, 4) is 11.3 Å². The van der Waals surface area contributed by atoms with E-state index in [0.29, 0.717) is 5.92 Å². The van der Waals surface area contributed by atoms with E-state index in [2.05, 4.69) is 52.3 Å². The molecule has 1 aliphatic heterocycles. The Balaban J connectivity index is 1.49. The van der Waals surface area contributed by atoms with Crippen LogP contribution in [0.3, 0.4) is 0 Å². The van der Waals surface area contributed by atoms with Crippen LogP contribution in [-0.4, -0.2) is 26.8 Å². The second-order valence-corrected chi connectivity index (χ2v) is 7.24. The summed E-state index contributed by atoms with van der Waals surface area (Å²) in [5, 5.41) is 12.0. The van der Waals surface area contributed by atoms with Gasteiger partial charge in [-0.3, -0.25) is 10.00 Å². The minimum atomic E-state index is 0.624. The fraction of sp³-hybridized carbons (Fsp3) is 0.400. The van der Waals surface area contributed by atoms with Gasteiger partial charge < -0.3 is 4.52 Å². The van der Waals surface area contributed by atoms with Crippen LogP contribution in [0.2, 0.25) is 0 Å². The van der Waals surface area contributed by atoms with E-state index >= 15 is 0 Å². The maximum atomic E-state index is 5.59. The lowest BCUT2D eigenvalue weighted by Gasteiger charge is -2.25. The van der Waals surface area contributed by atoms with Crippen LogP contribution in [0.5, 0.6) is 0 Å². The van der Waals surface area contributed by atoms with Crippen molar-refractivity contribution in [1.29, 1.82) is 0 Å². The number of benzene rings is 1. The molecular weight excluding hydrogens is 312 g/mol. The minimum absolute atomic E-state index is 0.624. The summed E-state index contributed by atoms with van der Waals surface area (Å²) < 4.78 is 5.59. The van der Waals surface area contributed by atoms with E-state index in [1.165, 1.54) is 11.3 Å². The van der Waals surface area contributed by atoms with Crippen molar-refractivity contribution in [3.05, 3.63) is 59.1 Å². The van der Waals surface area contributed by atoms with Gasteiger partial charge >= 0.3 is 0 Å². The molecule has 3 aromatic rings. The molecule has 25 heavy (non-hydrogen) atoms. The summed E-state index contributed by atoms with van der Waals surface area (Å²) in [5.41, 5.74) is 5.65. The van der Waals surface area contributed by atoms with Gasteiger partial charge in [0.2, 0.25) is 0 Å². The zero-order chi connectivity index (χ0) is 17.2. The first-order valence-corrected chi connectivity index (χ1v) is 8.97. The first-order valence-electron chi connectivity index (χ1n) is 8.97. The highest BCUT2D eigenvalue weighted by Crippen LogP contribution is 2.30. The van der Waals surface area contributed by atoms with E-state index in [0.717, 1.165) is 55.2 Å². The molecule has 0 radical (unpaired) electrons. The molecule has 0 spiro atoms. The van der Waals surface area contributed by atoms with Crippen molar-refractivity contribution in [3.63, 3.8) is 0 Å². The van der Waals surface area contributed by atoms with E-state index in [4.69, 9.17) is 4.52 Å². The van der Waals surface area contributed by atoms with Crippen LogP contribution in [-0.2, 0) is 25.9 Å². The highest BCUT2D eigenvalue weighted by Gasteiger charge is 2.25. The van der Waals surface area contributed by atoms with Gasteiger partial charge in [0, 0.05) is 42.9 Å². The monoisotopic (exact) mass is 336 g/mol. The SMILES string of the molecule is CC(C)Cc1cc(CN2CCc3onc(-c4ccccc4)c3C2)[nH]n1. The third-order valence-corrected chi connectivity index (χ3v) is 4.65. The van der Waals surface area contributed by atoms with Crippen LogP contribution >= 0.6 is 0 Å². The number of rotatable bonds is 5. The van der Waals surface area contributed by atoms with E-state index in [1.54, 1.807) is 0 Å². The molecule has 5 nitrogen and oxygen atoms in total. The number of nitrogens with zero attached hydrogens (tertiary/aromatic N) is 3. The third kappa shape index (κ3) is 3.51. The average Bonchev–Trinajstić information content (AvgIpc) is 3.21. The number of aromatic nitrogens is 3. The minimum Gasteiger partial charge on any atom is -0.360 e. The summed E-state index contributed by atoms with van der Waals surface area (Å²) in [4.78, 5) is 2.43. The zero-order valence-corrected chi connectivity index (χ0v) is 14.8. The molecule has 5 heteroatoms. The first-order chi connectivity index (χ1) is 12.2. The first kappa shape index (κ1) is 16.1. The predicted molar refractivity (Wildman–Crippen MR) is 96.9 cm³/mol. The lowest BCUT2D eigenvalue weighted by Crippen LogP contribution is -2.29. The zero-order valence-electron chi connectivity index (χ0n) is 14.8. The maximum Gasteiger partial charge on any atom is 0.143 e. The number of H-pyrrole nitrogens is 1. The standard InChI is InChI=1S/C20H24N4O/c1-14(2)10-16-11-17(22-21-16)12-24-9-8-19-18(13-24)20(23-25-19)15-6-4-3-5-7-15/h3-7,11,14H,8-10,12-13H2,1-2H3,(H,21,22). The number of hydrogen-bond acceptors (Lipinski definition) is 4. The van der Waals surface area contributed by atoms with Crippen LogP contribution < -0.4 is 0 Å². The maximum absolute atomic E-state index is 5.59. The molecule has 0 fully saturated rings. The third-order valence-electron chi connectivity index (χ3n) is 4.65. The Hall–Kier alpha value is -2.40. The van der Waals surface area contributed by atoms with Crippen molar-refractivity contribution in [2.24, 2.45) is 5.92 Å². The number of nitrogens with one attached hydrogen (secondary N) is 1.